The Balaban J connectivity index is 1.32. The second-order valence-corrected chi connectivity index (χ2v) is 9.78. The van der Waals surface area contributed by atoms with Gasteiger partial charge in [0.2, 0.25) is 5.91 Å². The summed E-state index contributed by atoms with van der Waals surface area (Å²) in [5, 5.41) is 12.7. The summed E-state index contributed by atoms with van der Waals surface area (Å²) in [7, 11) is 0. The zero-order valence-corrected chi connectivity index (χ0v) is 18.9. The van der Waals surface area contributed by atoms with Crippen LogP contribution in [0.4, 0.5) is 10.8 Å². The van der Waals surface area contributed by atoms with Gasteiger partial charge >= 0.3 is 0 Å². The highest BCUT2D eigenvalue weighted by molar-refractivity contribution is 7.98. The molecule has 0 radical (unpaired) electrons. The molecule has 2 aliphatic carbocycles. The molecule has 0 atom stereocenters. The van der Waals surface area contributed by atoms with E-state index < -0.39 is 0 Å². The standard InChI is InChI=1S/C22H25N5OS2/c1-3-15-4-8-18(9-5-15)26(14(2)28)21-23-17(12-29-21)13-30-22-25-24-20(16-6-7-16)27(22)19-10-11-19/h4-5,8-9,12,16,19H,3,6-7,10-11,13H2,1-2H3. The first-order valence-corrected chi connectivity index (χ1v) is 12.4. The van der Waals surface area contributed by atoms with E-state index in [-0.39, 0.29) is 5.91 Å². The Kier molecular flexibility index (Phi) is 5.37. The molecule has 0 aliphatic heterocycles. The van der Waals surface area contributed by atoms with Gasteiger partial charge in [0.15, 0.2) is 10.3 Å². The van der Waals surface area contributed by atoms with Gasteiger partial charge in [-0.3, -0.25) is 9.69 Å². The van der Waals surface area contributed by atoms with E-state index in [1.807, 2.05) is 17.5 Å². The Morgan fingerprint density at radius 3 is 2.60 bits per heavy atom. The van der Waals surface area contributed by atoms with E-state index in [4.69, 9.17) is 4.98 Å². The quantitative estimate of drug-likeness (QED) is 0.435. The van der Waals surface area contributed by atoms with Gasteiger partial charge in [-0.2, -0.15) is 0 Å². The van der Waals surface area contributed by atoms with Gasteiger partial charge in [-0.25, -0.2) is 4.98 Å². The van der Waals surface area contributed by atoms with Crippen LogP contribution in [0, 0.1) is 0 Å². The highest BCUT2D eigenvalue weighted by atomic mass is 32.2. The maximum Gasteiger partial charge on any atom is 0.230 e. The van der Waals surface area contributed by atoms with E-state index in [2.05, 4.69) is 33.8 Å². The third-order valence-electron chi connectivity index (χ3n) is 5.54. The molecule has 2 saturated carbocycles. The summed E-state index contributed by atoms with van der Waals surface area (Å²) in [5.74, 6) is 2.49. The summed E-state index contributed by atoms with van der Waals surface area (Å²) >= 11 is 3.21. The molecule has 2 fully saturated rings. The molecule has 0 unspecified atom stereocenters. The van der Waals surface area contributed by atoms with Crippen molar-refractivity contribution in [1.29, 1.82) is 0 Å². The van der Waals surface area contributed by atoms with Gasteiger partial charge in [0, 0.05) is 30.0 Å². The maximum atomic E-state index is 12.4. The summed E-state index contributed by atoms with van der Waals surface area (Å²) in [5.41, 5.74) is 3.08. The number of amides is 1. The lowest BCUT2D eigenvalue weighted by atomic mass is 10.1. The number of hydrogen-bond donors (Lipinski definition) is 0. The van der Waals surface area contributed by atoms with E-state index in [9.17, 15) is 4.79 Å². The maximum absolute atomic E-state index is 12.4. The Bertz CT molecular complexity index is 1050. The normalized spacial score (nSPS) is 16.1. The number of rotatable bonds is 8. The molecule has 0 saturated heterocycles. The molecule has 156 valence electrons. The van der Waals surface area contributed by atoms with Gasteiger partial charge in [0.1, 0.15) is 5.82 Å². The summed E-state index contributed by atoms with van der Waals surface area (Å²) < 4.78 is 2.37. The average Bonchev–Trinajstić information content (AvgIpc) is 3.68. The van der Waals surface area contributed by atoms with Gasteiger partial charge in [-0.1, -0.05) is 30.8 Å². The first-order valence-electron chi connectivity index (χ1n) is 10.6. The fourth-order valence-electron chi connectivity index (χ4n) is 3.59. The fourth-order valence-corrected chi connectivity index (χ4v) is 5.49. The van der Waals surface area contributed by atoms with Crippen molar-refractivity contribution >= 4 is 39.8 Å². The molecule has 2 aromatic heterocycles. The molecule has 6 nitrogen and oxygen atoms in total. The molecule has 1 amide bonds. The molecule has 8 heteroatoms. The molecule has 3 aromatic rings. The monoisotopic (exact) mass is 439 g/mol. The number of hydrogen-bond acceptors (Lipinski definition) is 6. The highest BCUT2D eigenvalue weighted by Crippen LogP contribution is 2.46. The van der Waals surface area contributed by atoms with E-state index >= 15 is 0 Å². The van der Waals surface area contributed by atoms with E-state index in [1.165, 1.54) is 48.4 Å². The molecule has 0 bridgehead atoms. The van der Waals surface area contributed by atoms with Crippen LogP contribution in [-0.4, -0.2) is 25.7 Å². The molecule has 2 aliphatic rings. The summed E-state index contributed by atoms with van der Waals surface area (Å²) in [4.78, 5) is 18.8. The lowest BCUT2D eigenvalue weighted by Gasteiger charge is -2.18. The van der Waals surface area contributed by atoms with Crippen LogP contribution < -0.4 is 4.90 Å². The van der Waals surface area contributed by atoms with E-state index in [1.54, 1.807) is 23.6 Å². The fraction of sp³-hybridized carbons (Fsp3) is 0.455. The van der Waals surface area contributed by atoms with E-state index in [0.29, 0.717) is 17.1 Å². The topological polar surface area (TPSA) is 63.9 Å². The van der Waals surface area contributed by atoms with Crippen LogP contribution >= 0.6 is 23.1 Å². The molecule has 30 heavy (non-hydrogen) atoms. The van der Waals surface area contributed by atoms with Gasteiger partial charge in [0.25, 0.3) is 0 Å². The number of benzene rings is 1. The molecular formula is C22H25N5OS2. The lowest BCUT2D eigenvalue weighted by molar-refractivity contribution is -0.115. The van der Waals surface area contributed by atoms with Crippen LogP contribution in [0.15, 0.2) is 34.8 Å². The predicted molar refractivity (Wildman–Crippen MR) is 121 cm³/mol. The van der Waals surface area contributed by atoms with Crippen LogP contribution in [0.1, 0.15) is 68.6 Å². The molecule has 5 rings (SSSR count). The number of carbonyl (C=O) groups is 1. The van der Waals surface area contributed by atoms with Crippen molar-refractivity contribution in [3.05, 3.63) is 46.7 Å². The number of carbonyl (C=O) groups excluding carboxylic acids is 1. The summed E-state index contributed by atoms with van der Waals surface area (Å²) in [6.45, 7) is 3.71. The predicted octanol–water partition coefficient (Wildman–Crippen LogP) is 5.49. The molecule has 0 N–H and O–H groups in total. The third kappa shape index (κ3) is 4.03. The van der Waals surface area contributed by atoms with Gasteiger partial charge in [0.05, 0.1) is 11.4 Å². The third-order valence-corrected chi connectivity index (χ3v) is 7.39. The van der Waals surface area contributed by atoms with E-state index in [0.717, 1.165) is 28.7 Å². The average molecular weight is 440 g/mol. The molecule has 2 heterocycles. The minimum atomic E-state index is -0.0321. The largest absolute Gasteiger partial charge is 0.303 e. The number of aryl methyl sites for hydroxylation is 1. The minimum absolute atomic E-state index is 0.0321. The number of nitrogens with zero attached hydrogens (tertiary/aromatic N) is 5. The van der Waals surface area contributed by atoms with Crippen molar-refractivity contribution in [2.45, 2.75) is 68.8 Å². The Labute approximate surface area is 184 Å². The van der Waals surface area contributed by atoms with Crippen molar-refractivity contribution in [2.75, 3.05) is 4.90 Å². The van der Waals surface area contributed by atoms with Crippen LogP contribution in [0.2, 0.25) is 0 Å². The first-order chi connectivity index (χ1) is 14.6. The Morgan fingerprint density at radius 1 is 1.20 bits per heavy atom. The molecule has 0 spiro atoms. The number of aromatic nitrogens is 4. The Hall–Kier alpha value is -2.19. The Morgan fingerprint density at radius 2 is 1.97 bits per heavy atom. The van der Waals surface area contributed by atoms with Crippen LogP contribution in [0.5, 0.6) is 0 Å². The van der Waals surface area contributed by atoms with Crippen molar-refractivity contribution in [1.82, 2.24) is 19.7 Å². The number of thioether (sulfide) groups is 1. The number of anilines is 2. The van der Waals surface area contributed by atoms with Crippen LogP contribution in [0.25, 0.3) is 0 Å². The van der Waals surface area contributed by atoms with Gasteiger partial charge in [-0.15, -0.1) is 21.5 Å². The van der Waals surface area contributed by atoms with Crippen LogP contribution in [-0.2, 0) is 17.0 Å². The zero-order valence-electron chi connectivity index (χ0n) is 17.2. The minimum Gasteiger partial charge on any atom is -0.303 e. The molecule has 1 aromatic carbocycles. The number of thiazole rings is 1. The van der Waals surface area contributed by atoms with Crippen molar-refractivity contribution in [3.63, 3.8) is 0 Å². The van der Waals surface area contributed by atoms with Crippen LogP contribution in [0.3, 0.4) is 0 Å². The van der Waals surface area contributed by atoms with Crippen molar-refractivity contribution in [3.8, 4) is 0 Å². The second kappa shape index (κ2) is 8.15. The smallest absolute Gasteiger partial charge is 0.230 e. The second-order valence-electron chi connectivity index (χ2n) is 8.00. The highest BCUT2D eigenvalue weighted by Gasteiger charge is 2.36. The van der Waals surface area contributed by atoms with Crippen molar-refractivity contribution in [2.24, 2.45) is 0 Å². The summed E-state index contributed by atoms with van der Waals surface area (Å²) in [6.07, 6.45) is 5.93. The first kappa shape index (κ1) is 19.8. The SMILES string of the molecule is CCc1ccc(N(C(C)=O)c2nc(CSc3nnc(C4CC4)n3C3CC3)cs2)cc1. The van der Waals surface area contributed by atoms with Crippen molar-refractivity contribution < 1.29 is 4.79 Å². The summed E-state index contributed by atoms with van der Waals surface area (Å²) in [6, 6.07) is 8.71. The lowest BCUT2D eigenvalue weighted by Crippen LogP contribution is -2.22. The molecular weight excluding hydrogens is 414 g/mol. The zero-order chi connectivity index (χ0) is 20.7. The van der Waals surface area contributed by atoms with Gasteiger partial charge < -0.3 is 4.57 Å². The van der Waals surface area contributed by atoms with Gasteiger partial charge in [-0.05, 0) is 49.8 Å².